The fourth-order valence-electron chi connectivity index (χ4n) is 2.91. The second-order valence-electron chi connectivity index (χ2n) is 4.32. The Hall–Kier alpha value is -0.830. The minimum atomic E-state index is 0.700. The van der Waals surface area contributed by atoms with Crippen LogP contribution >= 0.6 is 0 Å². The van der Waals surface area contributed by atoms with Crippen LogP contribution in [0.15, 0.2) is 17.0 Å². The van der Waals surface area contributed by atoms with Gasteiger partial charge in [0, 0.05) is 5.56 Å². The van der Waals surface area contributed by atoms with Gasteiger partial charge in [-0.15, -0.1) is 0 Å². The van der Waals surface area contributed by atoms with Crippen LogP contribution in [0.5, 0.6) is 0 Å². The monoisotopic (exact) mass is 178 g/mol. The van der Waals surface area contributed by atoms with E-state index in [9.17, 15) is 0 Å². The van der Waals surface area contributed by atoms with Crippen LogP contribution < -0.4 is 5.32 Å². The minimum absolute atomic E-state index is 0.700. The largest absolute Gasteiger partial charge is 0.364 e. The van der Waals surface area contributed by atoms with Crippen LogP contribution in [0.1, 0.15) is 24.3 Å². The molecule has 3 heteroatoms. The molecule has 3 unspecified atom stereocenters. The van der Waals surface area contributed by atoms with Crippen LogP contribution in [-0.2, 0) is 0 Å². The quantitative estimate of drug-likeness (QED) is 0.706. The van der Waals surface area contributed by atoms with Gasteiger partial charge in [-0.25, -0.2) is 0 Å². The maximum absolute atomic E-state index is 4.90. The smallest absolute Gasteiger partial charge is 0.127 e. The predicted molar refractivity (Wildman–Crippen MR) is 48.3 cm³/mol. The van der Waals surface area contributed by atoms with E-state index in [0.717, 1.165) is 11.8 Å². The summed E-state index contributed by atoms with van der Waals surface area (Å²) in [4.78, 5) is 0. The van der Waals surface area contributed by atoms with E-state index in [1.54, 1.807) is 0 Å². The van der Waals surface area contributed by atoms with Crippen molar-refractivity contribution in [3.8, 4) is 0 Å². The van der Waals surface area contributed by atoms with E-state index in [0.29, 0.717) is 5.92 Å². The van der Waals surface area contributed by atoms with Crippen LogP contribution in [0, 0.1) is 11.8 Å². The highest BCUT2D eigenvalue weighted by atomic mass is 16.5. The molecule has 2 aliphatic rings. The summed E-state index contributed by atoms with van der Waals surface area (Å²) in [5, 5.41) is 7.27. The second-order valence-corrected chi connectivity index (χ2v) is 4.32. The van der Waals surface area contributed by atoms with Crippen molar-refractivity contribution in [3.05, 3.63) is 18.0 Å². The van der Waals surface area contributed by atoms with Crippen molar-refractivity contribution in [1.82, 2.24) is 10.5 Å². The summed E-state index contributed by atoms with van der Waals surface area (Å²) in [6.07, 6.45) is 6.40. The van der Waals surface area contributed by atoms with Crippen molar-refractivity contribution < 1.29 is 4.52 Å². The van der Waals surface area contributed by atoms with E-state index < -0.39 is 0 Å². The predicted octanol–water partition coefficient (Wildman–Crippen LogP) is 1.39. The lowest BCUT2D eigenvalue weighted by molar-refractivity contribution is 0.369. The van der Waals surface area contributed by atoms with Crippen LogP contribution in [0.3, 0.4) is 0 Å². The Kier molecular flexibility index (Phi) is 1.65. The highest BCUT2D eigenvalue weighted by Crippen LogP contribution is 2.44. The van der Waals surface area contributed by atoms with Crippen LogP contribution in [0.2, 0.25) is 0 Å². The molecule has 1 aliphatic carbocycles. The van der Waals surface area contributed by atoms with Crippen molar-refractivity contribution in [2.24, 2.45) is 11.8 Å². The van der Waals surface area contributed by atoms with E-state index in [1.165, 1.54) is 31.5 Å². The molecular weight excluding hydrogens is 164 g/mol. The summed E-state index contributed by atoms with van der Waals surface area (Å²) in [5.41, 5.74) is 1.30. The Morgan fingerprint density at radius 3 is 3.15 bits per heavy atom. The molecule has 3 nitrogen and oxygen atoms in total. The molecule has 0 spiro atoms. The molecule has 70 valence electrons. The summed E-state index contributed by atoms with van der Waals surface area (Å²) in [6.45, 7) is 2.38. The Morgan fingerprint density at radius 2 is 2.38 bits per heavy atom. The molecule has 1 aliphatic heterocycles. The van der Waals surface area contributed by atoms with E-state index in [4.69, 9.17) is 4.52 Å². The van der Waals surface area contributed by atoms with Gasteiger partial charge in [-0.2, -0.15) is 0 Å². The Morgan fingerprint density at radius 1 is 1.38 bits per heavy atom. The third kappa shape index (κ3) is 1.18. The molecule has 3 rings (SSSR count). The molecule has 0 radical (unpaired) electrons. The Labute approximate surface area is 77.5 Å². The van der Waals surface area contributed by atoms with Gasteiger partial charge < -0.3 is 9.84 Å². The third-order valence-corrected chi connectivity index (χ3v) is 3.51. The number of nitrogens with zero attached hydrogens (tertiary/aromatic N) is 1. The van der Waals surface area contributed by atoms with Gasteiger partial charge in [0.15, 0.2) is 0 Å². The van der Waals surface area contributed by atoms with Gasteiger partial charge in [0.1, 0.15) is 6.26 Å². The summed E-state index contributed by atoms with van der Waals surface area (Å²) in [5.74, 6) is 2.41. The third-order valence-electron chi connectivity index (χ3n) is 3.51. The molecule has 3 atom stereocenters. The van der Waals surface area contributed by atoms with Crippen molar-refractivity contribution in [3.63, 3.8) is 0 Å². The van der Waals surface area contributed by atoms with Gasteiger partial charge >= 0.3 is 0 Å². The number of piperidine rings is 1. The van der Waals surface area contributed by atoms with Gasteiger partial charge in [0.25, 0.3) is 0 Å². The minimum Gasteiger partial charge on any atom is -0.364 e. The molecule has 13 heavy (non-hydrogen) atoms. The van der Waals surface area contributed by atoms with Crippen molar-refractivity contribution >= 4 is 0 Å². The van der Waals surface area contributed by atoms with E-state index in [2.05, 4.69) is 10.5 Å². The molecule has 1 aromatic rings. The number of hydrogen-bond donors (Lipinski definition) is 1. The fourth-order valence-corrected chi connectivity index (χ4v) is 2.91. The summed E-state index contributed by atoms with van der Waals surface area (Å²) in [6, 6.07) is 0. The lowest BCUT2D eigenvalue weighted by atomic mass is 9.91. The topological polar surface area (TPSA) is 38.1 Å². The summed E-state index contributed by atoms with van der Waals surface area (Å²) in [7, 11) is 0. The average Bonchev–Trinajstić information content (AvgIpc) is 2.74. The summed E-state index contributed by atoms with van der Waals surface area (Å²) < 4.78 is 4.90. The molecule has 1 N–H and O–H groups in total. The van der Waals surface area contributed by atoms with Gasteiger partial charge in [-0.3, -0.25) is 0 Å². The summed E-state index contributed by atoms with van der Waals surface area (Å²) >= 11 is 0. The number of aromatic nitrogens is 1. The zero-order valence-corrected chi connectivity index (χ0v) is 7.57. The lowest BCUT2D eigenvalue weighted by Crippen LogP contribution is -2.31. The maximum atomic E-state index is 4.90. The fraction of sp³-hybridized carbons (Fsp3) is 0.700. The standard InChI is InChI=1S/C10H14N2O/c1-7-2-10(8(1)4-11-3-7)9-5-12-13-6-9/h5-8,10-11H,1-4H2. The second kappa shape index (κ2) is 2.84. The maximum Gasteiger partial charge on any atom is 0.127 e. The van der Waals surface area contributed by atoms with Crippen LogP contribution in [0.25, 0.3) is 0 Å². The number of hydrogen-bond acceptors (Lipinski definition) is 3. The molecule has 2 heterocycles. The molecule has 1 saturated heterocycles. The zero-order valence-electron chi connectivity index (χ0n) is 7.57. The SMILES string of the molecule is c1nocc1C1CC2CNCC1C2. The highest BCUT2D eigenvalue weighted by molar-refractivity contribution is 5.14. The highest BCUT2D eigenvalue weighted by Gasteiger charge is 2.38. The first kappa shape index (κ1) is 7.56. The zero-order chi connectivity index (χ0) is 8.67. The average molecular weight is 178 g/mol. The van der Waals surface area contributed by atoms with E-state index >= 15 is 0 Å². The Balaban J connectivity index is 1.86. The number of rotatable bonds is 1. The van der Waals surface area contributed by atoms with E-state index in [1.807, 2.05) is 12.5 Å². The molecule has 1 aromatic heterocycles. The Bertz CT molecular complexity index is 283. The first-order valence-electron chi connectivity index (χ1n) is 5.03. The van der Waals surface area contributed by atoms with Gasteiger partial charge in [-0.1, -0.05) is 5.16 Å². The molecule has 2 fully saturated rings. The van der Waals surface area contributed by atoms with Gasteiger partial charge in [0.05, 0.1) is 6.20 Å². The first-order valence-corrected chi connectivity index (χ1v) is 5.03. The number of nitrogens with one attached hydrogen (secondary N) is 1. The van der Waals surface area contributed by atoms with Crippen LogP contribution in [0.4, 0.5) is 0 Å². The van der Waals surface area contributed by atoms with Crippen molar-refractivity contribution in [2.45, 2.75) is 18.8 Å². The first-order chi connectivity index (χ1) is 6.43. The molecule has 1 saturated carbocycles. The molecule has 2 bridgehead atoms. The number of fused-ring (bicyclic) bond motifs is 2. The normalized spacial score (nSPS) is 38.0. The van der Waals surface area contributed by atoms with Gasteiger partial charge in [-0.05, 0) is 43.7 Å². The van der Waals surface area contributed by atoms with E-state index in [-0.39, 0.29) is 0 Å². The molecule has 0 amide bonds. The molecule has 0 aromatic carbocycles. The van der Waals surface area contributed by atoms with Crippen LogP contribution in [-0.4, -0.2) is 18.2 Å². The lowest BCUT2D eigenvalue weighted by Gasteiger charge is -2.21. The van der Waals surface area contributed by atoms with Crippen molar-refractivity contribution in [2.75, 3.05) is 13.1 Å². The molecular formula is C10H14N2O. The van der Waals surface area contributed by atoms with Crippen molar-refractivity contribution in [1.29, 1.82) is 0 Å². The van der Waals surface area contributed by atoms with Gasteiger partial charge in [0.2, 0.25) is 0 Å².